The van der Waals surface area contributed by atoms with E-state index >= 15 is 0 Å². The topological polar surface area (TPSA) is 52.6 Å². The van der Waals surface area contributed by atoms with Crippen molar-refractivity contribution in [2.24, 2.45) is 35.5 Å². The van der Waals surface area contributed by atoms with Crippen LogP contribution in [0.25, 0.3) is 0 Å². The molecule has 0 aromatic heterocycles. The van der Waals surface area contributed by atoms with Crippen LogP contribution in [-0.4, -0.2) is 49.1 Å². The summed E-state index contributed by atoms with van der Waals surface area (Å²) in [6.45, 7) is 27.7. The van der Waals surface area contributed by atoms with E-state index in [-0.39, 0.29) is 33.5 Å². The number of unbranched alkanes of at least 4 members (excludes halogenated alkanes) is 2. The number of alkyl halides is 4. The highest BCUT2D eigenvalue weighted by Gasteiger charge is 2.58. The number of carbonyl (C=O) groups excluding carboxylic acids is 2. The fraction of sp³-hybridized carbons (Fsp3) is 0.952. The van der Waals surface area contributed by atoms with Gasteiger partial charge in [-0.2, -0.15) is 0 Å². The van der Waals surface area contributed by atoms with Crippen molar-refractivity contribution in [2.75, 3.05) is 0 Å². The summed E-state index contributed by atoms with van der Waals surface area (Å²) >= 11 is 25.2. The van der Waals surface area contributed by atoms with Gasteiger partial charge in [0.25, 0.3) is 0 Å². The van der Waals surface area contributed by atoms with Gasteiger partial charge in [0.15, 0.2) is 36.9 Å². The molecule has 0 aromatic rings. The van der Waals surface area contributed by atoms with Crippen molar-refractivity contribution in [2.45, 2.75) is 215 Å². The maximum atomic E-state index is 12.1. The van der Waals surface area contributed by atoms with E-state index in [0.29, 0.717) is 48.7 Å². The van der Waals surface area contributed by atoms with Crippen molar-refractivity contribution in [3.8, 4) is 0 Å². The Kier molecular flexibility index (Phi) is 16.9. The number of ketones is 2. The number of hydrogen-bond donors (Lipinski definition) is 0. The molecule has 0 saturated heterocycles. The summed E-state index contributed by atoms with van der Waals surface area (Å²) in [7, 11) is -3.37. The summed E-state index contributed by atoms with van der Waals surface area (Å²) < 4.78 is 11.0. The van der Waals surface area contributed by atoms with Crippen LogP contribution in [0.3, 0.4) is 0 Å². The van der Waals surface area contributed by atoms with Gasteiger partial charge in [0, 0.05) is 36.9 Å². The van der Waals surface area contributed by atoms with E-state index in [1.54, 1.807) is 0 Å². The molecule has 0 heterocycles. The lowest BCUT2D eigenvalue weighted by molar-refractivity contribution is -0.119. The molecule has 52 heavy (non-hydrogen) atoms. The molecule has 0 aromatic carbocycles. The largest absolute Gasteiger partial charge is 0.414 e. The highest BCUT2D eigenvalue weighted by molar-refractivity contribution is 6.74. The maximum absolute atomic E-state index is 12.1. The van der Waals surface area contributed by atoms with Crippen LogP contribution in [0, 0.1) is 35.5 Å². The Hall–Kier alpha value is 0.854. The Balaban J connectivity index is 0.000000280. The summed E-state index contributed by atoms with van der Waals surface area (Å²) in [4.78, 5) is 24.1. The van der Waals surface area contributed by atoms with Crippen LogP contribution in [0.15, 0.2) is 0 Å². The first-order valence-corrected chi connectivity index (χ1v) is 28.3. The first-order chi connectivity index (χ1) is 23.8. The predicted octanol–water partition coefficient (Wildman–Crippen LogP) is 14.3. The minimum absolute atomic E-state index is 0.0503. The third-order valence-electron chi connectivity index (χ3n) is 14.6. The van der Waals surface area contributed by atoms with E-state index in [1.165, 1.54) is 51.4 Å². The number of halogens is 4. The highest BCUT2D eigenvalue weighted by atomic mass is 35.5. The molecule has 0 bridgehead atoms. The monoisotopic (exact) mass is 840 g/mol. The van der Waals surface area contributed by atoms with Gasteiger partial charge < -0.3 is 8.85 Å². The minimum atomic E-state index is -1.68. The van der Waals surface area contributed by atoms with E-state index < -0.39 is 25.3 Å². The van der Waals surface area contributed by atoms with Crippen LogP contribution in [0.5, 0.6) is 0 Å². The van der Waals surface area contributed by atoms with E-state index in [0.717, 1.165) is 38.5 Å². The molecule has 4 aliphatic carbocycles. The van der Waals surface area contributed by atoms with E-state index in [1.807, 2.05) is 0 Å². The molecule has 4 nitrogen and oxygen atoms in total. The van der Waals surface area contributed by atoms with E-state index in [4.69, 9.17) is 55.3 Å². The molecule has 0 spiro atoms. The molecule has 8 unspecified atom stereocenters. The maximum Gasteiger partial charge on any atom is 0.192 e. The van der Waals surface area contributed by atoms with Crippen molar-refractivity contribution in [1.29, 1.82) is 0 Å². The Morgan fingerprint density at radius 1 is 0.615 bits per heavy atom. The van der Waals surface area contributed by atoms with Crippen LogP contribution >= 0.6 is 46.4 Å². The van der Waals surface area contributed by atoms with Crippen LogP contribution in [0.2, 0.25) is 36.3 Å². The van der Waals surface area contributed by atoms with Gasteiger partial charge in [-0.3, -0.25) is 9.59 Å². The van der Waals surface area contributed by atoms with Gasteiger partial charge in [0.05, 0.1) is 0 Å². The molecular weight excluding hydrogens is 766 g/mol. The van der Waals surface area contributed by atoms with Gasteiger partial charge in [-0.05, 0) is 111 Å². The zero-order valence-corrected chi connectivity index (χ0v) is 40.1. The Morgan fingerprint density at radius 2 is 0.942 bits per heavy atom. The van der Waals surface area contributed by atoms with E-state index in [9.17, 15) is 9.59 Å². The molecule has 4 rings (SSSR count). The van der Waals surface area contributed by atoms with Crippen molar-refractivity contribution in [3.05, 3.63) is 0 Å². The fourth-order valence-electron chi connectivity index (χ4n) is 9.09. The number of hydrogen-bond acceptors (Lipinski definition) is 4. The second-order valence-electron chi connectivity index (χ2n) is 20.1. The van der Waals surface area contributed by atoms with Crippen molar-refractivity contribution in [3.63, 3.8) is 0 Å². The Bertz CT molecular complexity index is 1090. The molecule has 4 aliphatic rings. The quantitative estimate of drug-likeness (QED) is 0.0882. The molecule has 0 amide bonds. The summed E-state index contributed by atoms with van der Waals surface area (Å²) in [5.41, 5.74) is 0. The van der Waals surface area contributed by atoms with Crippen LogP contribution in [0.1, 0.15) is 158 Å². The second-order valence-corrected chi connectivity index (χ2v) is 32.4. The highest BCUT2D eigenvalue weighted by Crippen LogP contribution is 2.57. The lowest BCUT2D eigenvalue weighted by Crippen LogP contribution is -2.43. The minimum Gasteiger partial charge on any atom is -0.414 e. The first kappa shape index (κ1) is 47.2. The van der Waals surface area contributed by atoms with Crippen LogP contribution < -0.4 is 0 Å². The summed E-state index contributed by atoms with van der Waals surface area (Å²) in [6.07, 6.45) is 18.1. The number of fused-ring (bicyclic) bond motifs is 2. The Labute approximate surface area is 341 Å². The van der Waals surface area contributed by atoms with Gasteiger partial charge in [-0.15, -0.1) is 0 Å². The van der Waals surface area contributed by atoms with Crippen molar-refractivity contribution >= 4 is 74.6 Å². The average Bonchev–Trinajstić information content (AvgIpc) is 3.73. The number of Topliss-reactive ketones (excluding diaryl/α,β-unsaturated/α-hetero) is 2. The second kappa shape index (κ2) is 18.6. The Morgan fingerprint density at radius 3 is 1.23 bits per heavy atom. The van der Waals surface area contributed by atoms with Gasteiger partial charge in [0.1, 0.15) is 0 Å². The molecule has 10 heteroatoms. The molecule has 304 valence electrons. The molecule has 0 N–H and O–H groups in total. The molecule has 0 aliphatic heterocycles. The SMILES string of the molecule is CCC(CCCCC1CCC2C1CC(=O)C2(Cl)Cl)O[Si](C)(C)C(C)(C)C.CCC(CCCCC1CCC2C1CC(=O)C2(Cl)Cl)O[Si](C)(C)C(C)(C)C. The van der Waals surface area contributed by atoms with Crippen molar-refractivity contribution in [1.82, 2.24) is 0 Å². The third kappa shape index (κ3) is 11.5. The van der Waals surface area contributed by atoms with Gasteiger partial charge in [-0.25, -0.2) is 0 Å². The van der Waals surface area contributed by atoms with Gasteiger partial charge >= 0.3 is 0 Å². The first-order valence-electron chi connectivity index (χ1n) is 21.0. The average molecular weight is 843 g/mol. The standard InChI is InChI=1S/2C21H38Cl2O2Si/c2*1-7-16(25-26(5,6)20(2,3)4)11-9-8-10-15-12-13-18-17(15)14-19(24)21(18,22)23/h2*15-18H,7-14H2,1-6H3. The van der Waals surface area contributed by atoms with Crippen LogP contribution in [-0.2, 0) is 18.4 Å². The summed E-state index contributed by atoms with van der Waals surface area (Å²) in [5, 5.41) is 0.536. The fourth-order valence-corrected chi connectivity index (χ4v) is 13.4. The zero-order chi connectivity index (χ0) is 39.5. The van der Waals surface area contributed by atoms with Gasteiger partial charge in [0.2, 0.25) is 0 Å². The third-order valence-corrected chi connectivity index (χ3v) is 25.6. The van der Waals surface area contributed by atoms with Crippen LogP contribution in [0.4, 0.5) is 0 Å². The number of rotatable bonds is 16. The summed E-state index contributed by atoms with van der Waals surface area (Å²) in [5.74, 6) is 2.58. The lowest BCUT2D eigenvalue weighted by atomic mass is 9.87. The summed E-state index contributed by atoms with van der Waals surface area (Å²) in [6, 6.07) is 0. The smallest absolute Gasteiger partial charge is 0.192 e. The van der Waals surface area contributed by atoms with Crippen molar-refractivity contribution < 1.29 is 18.4 Å². The van der Waals surface area contributed by atoms with E-state index in [2.05, 4.69) is 81.6 Å². The molecule has 4 saturated carbocycles. The lowest BCUT2D eigenvalue weighted by Gasteiger charge is -2.39. The van der Waals surface area contributed by atoms with Gasteiger partial charge in [-0.1, -0.05) is 140 Å². The number of carbonyl (C=O) groups is 2. The zero-order valence-electron chi connectivity index (χ0n) is 35.1. The normalized spacial score (nSPS) is 29.8. The molecular formula is C42H76Cl4O4Si2. The molecule has 4 fully saturated rings. The molecule has 0 radical (unpaired) electrons. The molecule has 8 atom stereocenters. The predicted molar refractivity (Wildman–Crippen MR) is 229 cm³/mol.